The van der Waals surface area contributed by atoms with Crippen LogP contribution in [0, 0.1) is 0 Å². The lowest BCUT2D eigenvalue weighted by Gasteiger charge is -2.39. The van der Waals surface area contributed by atoms with Crippen LogP contribution in [0.3, 0.4) is 0 Å². The molecule has 3 rings (SSSR count). The van der Waals surface area contributed by atoms with Crippen LogP contribution in [0.2, 0.25) is 0 Å². The smallest absolute Gasteiger partial charge is 0.274 e. The van der Waals surface area contributed by atoms with Gasteiger partial charge < -0.3 is 14.9 Å². The van der Waals surface area contributed by atoms with Crippen LogP contribution in [0.1, 0.15) is 62.1 Å². The van der Waals surface area contributed by atoms with E-state index in [1.807, 2.05) is 15.9 Å². The van der Waals surface area contributed by atoms with Gasteiger partial charge in [-0.15, -0.1) is 0 Å². The Balaban J connectivity index is 1.55. The molecule has 8 nitrogen and oxygen atoms in total. The number of H-pyrrole nitrogens is 1. The molecule has 2 N–H and O–H groups in total. The highest BCUT2D eigenvalue weighted by Crippen LogP contribution is 2.25. The summed E-state index contributed by atoms with van der Waals surface area (Å²) in [5, 5.41) is 18.3. The number of nitrogens with one attached hydrogen (secondary N) is 1. The maximum atomic E-state index is 12.8. The number of aromatic nitrogens is 2. The lowest BCUT2D eigenvalue weighted by Crippen LogP contribution is -2.53. The molecular weight excluding hydrogens is 358 g/mol. The molecule has 2 fully saturated rings. The molecule has 156 valence electrons. The van der Waals surface area contributed by atoms with Gasteiger partial charge in [0.2, 0.25) is 5.91 Å². The number of hydrogen-bond acceptors (Lipinski definition) is 5. The van der Waals surface area contributed by atoms with E-state index < -0.39 is 5.60 Å². The van der Waals surface area contributed by atoms with Crippen molar-refractivity contribution in [2.45, 2.75) is 51.6 Å². The molecular formula is C20H33N5O3. The minimum Gasteiger partial charge on any atom is -0.388 e. The van der Waals surface area contributed by atoms with Crippen LogP contribution in [0.5, 0.6) is 0 Å². The highest BCUT2D eigenvalue weighted by molar-refractivity contribution is 5.92. The Morgan fingerprint density at radius 1 is 1.14 bits per heavy atom. The zero-order chi connectivity index (χ0) is 20.3. The van der Waals surface area contributed by atoms with Crippen molar-refractivity contribution in [3.8, 4) is 0 Å². The fourth-order valence-electron chi connectivity index (χ4n) is 4.08. The number of carbonyl (C=O) groups is 2. The lowest BCUT2D eigenvalue weighted by molar-refractivity contribution is -0.131. The number of amides is 2. The van der Waals surface area contributed by atoms with Gasteiger partial charge in [-0.25, -0.2) is 0 Å². The molecule has 2 amide bonds. The van der Waals surface area contributed by atoms with E-state index in [0.717, 1.165) is 25.2 Å². The molecule has 0 spiro atoms. The van der Waals surface area contributed by atoms with Gasteiger partial charge in [0.25, 0.3) is 5.91 Å². The van der Waals surface area contributed by atoms with Crippen molar-refractivity contribution in [1.82, 2.24) is 24.9 Å². The average Bonchev–Trinajstić information content (AvgIpc) is 3.07. The first-order valence-corrected chi connectivity index (χ1v) is 10.3. The Labute approximate surface area is 166 Å². The quantitative estimate of drug-likeness (QED) is 0.800. The Morgan fingerprint density at radius 3 is 2.46 bits per heavy atom. The second-order valence-electron chi connectivity index (χ2n) is 8.52. The molecule has 1 aromatic heterocycles. The molecule has 2 saturated heterocycles. The van der Waals surface area contributed by atoms with E-state index >= 15 is 0 Å². The van der Waals surface area contributed by atoms with E-state index in [1.54, 1.807) is 6.92 Å². The molecule has 0 bridgehead atoms. The van der Waals surface area contributed by atoms with Gasteiger partial charge in [-0.05, 0) is 31.2 Å². The second kappa shape index (κ2) is 8.61. The Hall–Kier alpha value is -1.93. The Kier molecular flexibility index (Phi) is 6.40. The van der Waals surface area contributed by atoms with Crippen LogP contribution in [-0.4, -0.2) is 93.2 Å². The van der Waals surface area contributed by atoms with Crippen molar-refractivity contribution in [2.24, 2.45) is 0 Å². The van der Waals surface area contributed by atoms with Crippen LogP contribution in [0.25, 0.3) is 0 Å². The topological polar surface area (TPSA) is 92.8 Å². The molecule has 0 aliphatic carbocycles. The van der Waals surface area contributed by atoms with Gasteiger partial charge in [0.1, 0.15) is 5.69 Å². The molecule has 3 heterocycles. The minimum absolute atomic E-state index is 0.0672. The van der Waals surface area contributed by atoms with E-state index in [4.69, 9.17) is 0 Å². The Bertz CT molecular complexity index is 696. The molecule has 1 atom stereocenters. The van der Waals surface area contributed by atoms with Crippen LogP contribution in [0.4, 0.5) is 0 Å². The predicted molar refractivity (Wildman–Crippen MR) is 106 cm³/mol. The Morgan fingerprint density at radius 2 is 1.86 bits per heavy atom. The van der Waals surface area contributed by atoms with E-state index in [0.29, 0.717) is 57.2 Å². The number of aliphatic hydroxyl groups is 1. The summed E-state index contributed by atoms with van der Waals surface area (Å²) in [4.78, 5) is 30.2. The molecule has 0 saturated carbocycles. The highest BCUT2D eigenvalue weighted by atomic mass is 16.3. The van der Waals surface area contributed by atoms with Gasteiger partial charge >= 0.3 is 0 Å². The summed E-state index contributed by atoms with van der Waals surface area (Å²) in [6.45, 7) is 10.5. The lowest BCUT2D eigenvalue weighted by atomic mass is 9.94. The van der Waals surface area contributed by atoms with E-state index in [-0.39, 0.29) is 11.8 Å². The first-order chi connectivity index (χ1) is 13.3. The monoisotopic (exact) mass is 391 g/mol. The SMILES string of the molecule is CC(=O)N1CCN(C[C@@]2(O)CCCN(C(=O)c3cc(C(C)C)[nH]n3)CC2)CC1. The van der Waals surface area contributed by atoms with Gasteiger partial charge in [0.05, 0.1) is 5.60 Å². The number of likely N-dealkylation sites (tertiary alicyclic amines) is 1. The molecule has 1 aromatic rings. The first-order valence-electron chi connectivity index (χ1n) is 10.3. The predicted octanol–water partition coefficient (Wildman–Crippen LogP) is 1.05. The van der Waals surface area contributed by atoms with Crippen molar-refractivity contribution < 1.29 is 14.7 Å². The maximum Gasteiger partial charge on any atom is 0.274 e. The van der Waals surface area contributed by atoms with E-state index in [1.165, 1.54) is 0 Å². The maximum absolute atomic E-state index is 12.8. The van der Waals surface area contributed by atoms with Crippen molar-refractivity contribution in [3.63, 3.8) is 0 Å². The van der Waals surface area contributed by atoms with Gasteiger partial charge in [-0.3, -0.25) is 19.6 Å². The number of piperazine rings is 1. The van der Waals surface area contributed by atoms with Crippen molar-refractivity contribution in [1.29, 1.82) is 0 Å². The fraction of sp³-hybridized carbons (Fsp3) is 0.750. The normalized spacial score (nSPS) is 24.5. The van der Waals surface area contributed by atoms with Crippen molar-refractivity contribution in [2.75, 3.05) is 45.8 Å². The van der Waals surface area contributed by atoms with Gasteiger partial charge in [-0.1, -0.05) is 13.8 Å². The summed E-state index contributed by atoms with van der Waals surface area (Å²) in [6, 6.07) is 1.83. The molecule has 2 aliphatic heterocycles. The number of β-amino-alcohol motifs (C(OH)–C–C–N with tert-alkyl or cyclic N) is 1. The molecule has 0 unspecified atom stereocenters. The number of aromatic amines is 1. The van der Waals surface area contributed by atoms with Crippen LogP contribution >= 0.6 is 0 Å². The van der Waals surface area contributed by atoms with Crippen molar-refractivity contribution in [3.05, 3.63) is 17.5 Å². The summed E-state index contributed by atoms with van der Waals surface area (Å²) in [6.07, 6.45) is 2.02. The standard InChI is InChI=1S/C20H33N5O3/c1-15(2)17-13-18(22-21-17)19(27)25-7-4-5-20(28,6-8-25)14-23-9-11-24(12-10-23)16(3)26/h13,15,28H,4-12,14H2,1-3H3,(H,21,22)/t20-/m1/s1. The molecule has 28 heavy (non-hydrogen) atoms. The third-order valence-corrected chi connectivity index (χ3v) is 5.98. The average molecular weight is 392 g/mol. The van der Waals surface area contributed by atoms with Gasteiger partial charge in [0, 0.05) is 58.4 Å². The summed E-state index contributed by atoms with van der Waals surface area (Å²) < 4.78 is 0. The van der Waals surface area contributed by atoms with Crippen LogP contribution in [-0.2, 0) is 4.79 Å². The van der Waals surface area contributed by atoms with E-state index in [2.05, 4.69) is 28.9 Å². The van der Waals surface area contributed by atoms with E-state index in [9.17, 15) is 14.7 Å². The number of carbonyl (C=O) groups excluding carboxylic acids is 2. The summed E-state index contributed by atoms with van der Waals surface area (Å²) in [7, 11) is 0. The fourth-order valence-corrected chi connectivity index (χ4v) is 4.08. The van der Waals surface area contributed by atoms with Crippen LogP contribution < -0.4 is 0 Å². The van der Waals surface area contributed by atoms with Crippen molar-refractivity contribution >= 4 is 11.8 Å². The molecule has 8 heteroatoms. The summed E-state index contributed by atoms with van der Waals surface area (Å²) >= 11 is 0. The molecule has 0 radical (unpaired) electrons. The second-order valence-corrected chi connectivity index (χ2v) is 8.52. The number of rotatable bonds is 4. The zero-order valence-corrected chi connectivity index (χ0v) is 17.3. The third-order valence-electron chi connectivity index (χ3n) is 5.98. The number of nitrogens with zero attached hydrogens (tertiary/aromatic N) is 4. The zero-order valence-electron chi connectivity index (χ0n) is 17.3. The summed E-state index contributed by atoms with van der Waals surface area (Å²) in [5.74, 6) is 0.343. The minimum atomic E-state index is -0.790. The third kappa shape index (κ3) is 4.91. The van der Waals surface area contributed by atoms with Crippen LogP contribution in [0.15, 0.2) is 6.07 Å². The number of hydrogen-bond donors (Lipinski definition) is 2. The van der Waals surface area contributed by atoms with Gasteiger partial charge in [-0.2, -0.15) is 5.10 Å². The molecule has 2 aliphatic rings. The largest absolute Gasteiger partial charge is 0.388 e. The first kappa shape index (κ1) is 20.8. The van der Waals surface area contributed by atoms with Gasteiger partial charge in [0.15, 0.2) is 0 Å². The molecule has 0 aromatic carbocycles. The highest BCUT2D eigenvalue weighted by Gasteiger charge is 2.35. The summed E-state index contributed by atoms with van der Waals surface area (Å²) in [5.41, 5.74) is 0.621.